The van der Waals surface area contributed by atoms with Gasteiger partial charge in [0.15, 0.2) is 0 Å². The zero-order chi connectivity index (χ0) is 14.0. The molecule has 2 N–H and O–H groups in total. The van der Waals surface area contributed by atoms with Gasteiger partial charge < -0.3 is 15.0 Å². The van der Waals surface area contributed by atoms with Gasteiger partial charge in [-0.1, -0.05) is 18.2 Å². The normalized spacial score (nSPS) is 12.3. The summed E-state index contributed by atoms with van der Waals surface area (Å²) in [6.45, 7) is 1.32. The number of carboxylic acids is 1. The fraction of sp³-hybridized carbons (Fsp3) is 0.286. The van der Waals surface area contributed by atoms with E-state index in [0.717, 1.165) is 16.5 Å². The number of carboxylic acid groups (broad SMARTS) is 1. The monoisotopic (exact) mass is 260 g/mol. The summed E-state index contributed by atoms with van der Waals surface area (Å²) >= 11 is 0. The minimum absolute atomic E-state index is 0.274. The standard InChI is InChI=1S/C14H16N2O3/c1-9(17)15-12(14(18)19)7-10-8-16(2)13-6-4-3-5-11(10)13/h3-6,8,12H,7H2,1-2H3,(H,15,17)(H,18,19). The number of nitrogens with one attached hydrogen (secondary N) is 1. The van der Waals surface area contributed by atoms with Crippen molar-refractivity contribution in [1.29, 1.82) is 0 Å². The van der Waals surface area contributed by atoms with E-state index in [9.17, 15) is 9.59 Å². The van der Waals surface area contributed by atoms with Crippen molar-refractivity contribution < 1.29 is 14.7 Å². The van der Waals surface area contributed by atoms with Crippen LogP contribution in [0.2, 0.25) is 0 Å². The van der Waals surface area contributed by atoms with Crippen LogP contribution in [0.4, 0.5) is 0 Å². The van der Waals surface area contributed by atoms with Gasteiger partial charge in [-0.05, 0) is 11.6 Å². The highest BCUT2D eigenvalue weighted by Gasteiger charge is 2.20. The molecule has 19 heavy (non-hydrogen) atoms. The van der Waals surface area contributed by atoms with Gasteiger partial charge in [-0.3, -0.25) is 4.79 Å². The third-order valence-electron chi connectivity index (χ3n) is 3.08. The summed E-state index contributed by atoms with van der Waals surface area (Å²) in [6.07, 6.45) is 2.18. The van der Waals surface area contributed by atoms with Gasteiger partial charge in [0.2, 0.25) is 5.91 Å². The fourth-order valence-corrected chi connectivity index (χ4v) is 2.25. The minimum Gasteiger partial charge on any atom is -0.480 e. The molecule has 1 aromatic carbocycles. The van der Waals surface area contributed by atoms with Crippen molar-refractivity contribution in [2.45, 2.75) is 19.4 Å². The average molecular weight is 260 g/mol. The second-order valence-corrected chi connectivity index (χ2v) is 4.58. The van der Waals surface area contributed by atoms with Gasteiger partial charge >= 0.3 is 5.97 Å². The van der Waals surface area contributed by atoms with Crippen LogP contribution in [0.25, 0.3) is 10.9 Å². The Morgan fingerprint density at radius 1 is 1.37 bits per heavy atom. The lowest BCUT2D eigenvalue weighted by atomic mass is 10.1. The van der Waals surface area contributed by atoms with Crippen molar-refractivity contribution in [3.8, 4) is 0 Å². The largest absolute Gasteiger partial charge is 0.480 e. The Labute approximate surface area is 110 Å². The van der Waals surface area contributed by atoms with E-state index < -0.39 is 12.0 Å². The molecule has 0 spiro atoms. The van der Waals surface area contributed by atoms with Gasteiger partial charge in [-0.2, -0.15) is 0 Å². The zero-order valence-electron chi connectivity index (χ0n) is 10.9. The lowest BCUT2D eigenvalue weighted by molar-refractivity contribution is -0.141. The van der Waals surface area contributed by atoms with E-state index in [-0.39, 0.29) is 12.3 Å². The highest BCUT2D eigenvalue weighted by atomic mass is 16.4. The van der Waals surface area contributed by atoms with Gasteiger partial charge in [0.1, 0.15) is 6.04 Å². The number of benzene rings is 1. The van der Waals surface area contributed by atoms with E-state index in [1.807, 2.05) is 42.1 Å². The van der Waals surface area contributed by atoms with Crippen molar-refractivity contribution >= 4 is 22.8 Å². The third-order valence-corrected chi connectivity index (χ3v) is 3.08. The van der Waals surface area contributed by atoms with Gasteiger partial charge in [0.25, 0.3) is 0 Å². The number of nitrogens with zero attached hydrogens (tertiary/aromatic N) is 1. The molecule has 5 nitrogen and oxygen atoms in total. The van der Waals surface area contributed by atoms with Gasteiger partial charge in [0, 0.05) is 37.5 Å². The van der Waals surface area contributed by atoms with Crippen LogP contribution in [0, 0.1) is 0 Å². The molecule has 0 saturated heterocycles. The van der Waals surface area contributed by atoms with Gasteiger partial charge in [-0.25, -0.2) is 4.79 Å². The van der Waals surface area contributed by atoms with Crippen LogP contribution in [0.15, 0.2) is 30.5 Å². The number of rotatable bonds is 4. The highest BCUT2D eigenvalue weighted by Crippen LogP contribution is 2.21. The lowest BCUT2D eigenvalue weighted by Crippen LogP contribution is -2.41. The number of aromatic nitrogens is 1. The molecule has 2 aromatic rings. The van der Waals surface area contributed by atoms with Crippen molar-refractivity contribution in [2.75, 3.05) is 0 Å². The van der Waals surface area contributed by atoms with Crippen molar-refractivity contribution in [3.63, 3.8) is 0 Å². The summed E-state index contributed by atoms with van der Waals surface area (Å²) in [6, 6.07) is 6.89. The molecule has 1 unspecified atom stereocenters. The fourth-order valence-electron chi connectivity index (χ4n) is 2.25. The molecule has 0 saturated carbocycles. The number of amides is 1. The predicted octanol–water partition coefficient (Wildman–Crippen LogP) is 1.31. The molecule has 0 radical (unpaired) electrons. The van der Waals surface area contributed by atoms with Crippen LogP contribution in [0.5, 0.6) is 0 Å². The Morgan fingerprint density at radius 3 is 2.68 bits per heavy atom. The molecule has 5 heteroatoms. The number of aliphatic carboxylic acids is 1. The van der Waals surface area contributed by atoms with Gasteiger partial charge in [0.05, 0.1) is 0 Å². The first-order valence-corrected chi connectivity index (χ1v) is 6.02. The van der Waals surface area contributed by atoms with Crippen LogP contribution >= 0.6 is 0 Å². The predicted molar refractivity (Wildman–Crippen MR) is 71.9 cm³/mol. The Balaban J connectivity index is 2.34. The molecule has 1 atom stereocenters. The number of carbonyl (C=O) groups is 2. The summed E-state index contributed by atoms with van der Waals surface area (Å²) in [7, 11) is 1.92. The Morgan fingerprint density at radius 2 is 2.05 bits per heavy atom. The van der Waals surface area contributed by atoms with E-state index in [0.29, 0.717) is 0 Å². The SMILES string of the molecule is CC(=O)NC(Cc1cn(C)c2ccccc12)C(=O)O. The molecule has 100 valence electrons. The number of aryl methyl sites for hydroxylation is 1. The minimum atomic E-state index is -1.02. The number of fused-ring (bicyclic) bond motifs is 1. The molecule has 0 bridgehead atoms. The second-order valence-electron chi connectivity index (χ2n) is 4.58. The van der Waals surface area contributed by atoms with E-state index in [1.54, 1.807) is 0 Å². The molecule has 1 amide bonds. The topological polar surface area (TPSA) is 71.3 Å². The van der Waals surface area contributed by atoms with Crippen LogP contribution in [-0.2, 0) is 23.1 Å². The van der Waals surface area contributed by atoms with Gasteiger partial charge in [-0.15, -0.1) is 0 Å². The Kier molecular flexibility index (Phi) is 3.55. The number of para-hydroxylation sites is 1. The first-order chi connectivity index (χ1) is 8.99. The highest BCUT2D eigenvalue weighted by molar-refractivity contribution is 5.86. The summed E-state index contributed by atoms with van der Waals surface area (Å²) < 4.78 is 1.96. The molecular formula is C14H16N2O3. The number of carbonyl (C=O) groups excluding carboxylic acids is 1. The lowest BCUT2D eigenvalue weighted by Gasteiger charge is -2.12. The Bertz CT molecular complexity index is 631. The summed E-state index contributed by atoms with van der Waals surface area (Å²) in [5.41, 5.74) is 1.96. The van der Waals surface area contributed by atoms with Crippen molar-refractivity contribution in [3.05, 3.63) is 36.0 Å². The number of hydrogen-bond donors (Lipinski definition) is 2. The quantitative estimate of drug-likeness (QED) is 0.870. The first-order valence-electron chi connectivity index (χ1n) is 6.02. The van der Waals surface area contributed by atoms with E-state index in [1.165, 1.54) is 6.92 Å². The maximum absolute atomic E-state index is 11.2. The van der Waals surface area contributed by atoms with E-state index in [4.69, 9.17) is 5.11 Å². The molecule has 2 rings (SSSR count). The molecule has 0 fully saturated rings. The smallest absolute Gasteiger partial charge is 0.326 e. The second kappa shape index (κ2) is 5.14. The zero-order valence-corrected chi connectivity index (χ0v) is 10.9. The molecular weight excluding hydrogens is 244 g/mol. The van der Waals surface area contributed by atoms with E-state index in [2.05, 4.69) is 5.32 Å². The average Bonchev–Trinajstić information content (AvgIpc) is 2.66. The molecule has 1 heterocycles. The maximum Gasteiger partial charge on any atom is 0.326 e. The van der Waals surface area contributed by atoms with E-state index >= 15 is 0 Å². The summed E-state index contributed by atoms with van der Waals surface area (Å²) in [4.78, 5) is 22.2. The molecule has 0 aliphatic heterocycles. The van der Waals surface area contributed by atoms with Crippen LogP contribution < -0.4 is 5.32 Å². The van der Waals surface area contributed by atoms with Crippen LogP contribution in [-0.4, -0.2) is 27.6 Å². The molecule has 1 aromatic heterocycles. The molecule has 0 aliphatic carbocycles. The summed E-state index contributed by atoms with van der Waals surface area (Å²) in [5.74, 6) is -1.37. The van der Waals surface area contributed by atoms with Crippen molar-refractivity contribution in [1.82, 2.24) is 9.88 Å². The summed E-state index contributed by atoms with van der Waals surface area (Å²) in [5, 5.41) is 12.6. The Hall–Kier alpha value is -2.30. The van der Waals surface area contributed by atoms with Crippen molar-refractivity contribution in [2.24, 2.45) is 7.05 Å². The molecule has 0 aliphatic rings. The van der Waals surface area contributed by atoms with Crippen LogP contribution in [0.3, 0.4) is 0 Å². The first kappa shape index (κ1) is 13.1. The van der Waals surface area contributed by atoms with Crippen LogP contribution in [0.1, 0.15) is 12.5 Å². The maximum atomic E-state index is 11.2. The number of hydrogen-bond acceptors (Lipinski definition) is 2. The third kappa shape index (κ3) is 2.76.